The Kier molecular flexibility index (Phi) is 7.85. The molecule has 0 bridgehead atoms. The van der Waals surface area contributed by atoms with Gasteiger partial charge in [0, 0.05) is 18.4 Å². The molecule has 4 rings (SSSR count). The highest BCUT2D eigenvalue weighted by Crippen LogP contribution is 2.54. The van der Waals surface area contributed by atoms with Crippen LogP contribution in [0.1, 0.15) is 49.7 Å². The number of nitrogens with two attached hydrogens (primary N) is 2. The van der Waals surface area contributed by atoms with E-state index in [1.165, 1.54) is 18.2 Å². The van der Waals surface area contributed by atoms with Crippen LogP contribution in [0.15, 0.2) is 48.5 Å². The van der Waals surface area contributed by atoms with Gasteiger partial charge in [-0.05, 0) is 73.3 Å². The number of imide groups is 1. The fraction of sp³-hybridized carbons (Fsp3) is 0.464. The second kappa shape index (κ2) is 10.9. The number of rotatable bonds is 8. The molecule has 37 heavy (non-hydrogen) atoms. The SMILES string of the molecule is N[C@H]1CC[C@@]2(CCC[C@@H]2C(=O)N(C(=O)[C@H](N)Cc2ccc(O)cc2)[C@H](Cc2ccccc2O)C(=O)O)C1. The smallest absolute Gasteiger partial charge is 0.327 e. The molecule has 2 aliphatic carbocycles. The lowest BCUT2D eigenvalue weighted by molar-refractivity contribution is -0.162. The summed E-state index contributed by atoms with van der Waals surface area (Å²) in [5.41, 5.74) is 13.1. The molecule has 1 spiro atoms. The lowest BCUT2D eigenvalue weighted by atomic mass is 9.75. The minimum absolute atomic E-state index is 0.0224. The van der Waals surface area contributed by atoms with Gasteiger partial charge in [0.15, 0.2) is 0 Å². The molecule has 0 aliphatic heterocycles. The number of nitrogens with zero attached hydrogens (tertiary/aromatic N) is 1. The van der Waals surface area contributed by atoms with Gasteiger partial charge < -0.3 is 26.8 Å². The van der Waals surface area contributed by atoms with Gasteiger partial charge in [0.1, 0.15) is 17.5 Å². The maximum absolute atomic E-state index is 14.1. The van der Waals surface area contributed by atoms with Gasteiger partial charge in [0.2, 0.25) is 11.8 Å². The zero-order chi connectivity index (χ0) is 26.7. The number of carbonyl (C=O) groups is 3. The summed E-state index contributed by atoms with van der Waals surface area (Å²) in [6, 6.07) is 9.73. The van der Waals surface area contributed by atoms with Gasteiger partial charge in [-0.3, -0.25) is 14.5 Å². The third kappa shape index (κ3) is 5.62. The Balaban J connectivity index is 1.68. The minimum Gasteiger partial charge on any atom is -0.508 e. The van der Waals surface area contributed by atoms with E-state index in [1.54, 1.807) is 30.3 Å². The molecular weight excluding hydrogens is 474 g/mol. The molecule has 2 fully saturated rings. The lowest BCUT2D eigenvalue weighted by Crippen LogP contribution is -2.58. The molecular formula is C28H35N3O6. The number of phenolic OH excluding ortho intramolecular Hbond substituents is 2. The molecule has 2 saturated carbocycles. The summed E-state index contributed by atoms with van der Waals surface area (Å²) in [7, 11) is 0. The Morgan fingerprint density at radius 1 is 1.00 bits per heavy atom. The standard InChI is InChI=1S/C28H35N3O6/c29-19-11-13-28(16-19)12-3-5-21(28)25(34)31(23(27(36)37)15-18-4-1-2-6-24(18)33)26(35)22(30)14-17-7-9-20(32)10-8-17/h1-2,4,6-10,19,21-23,32-33H,3,5,11-16,29-30H2,(H,36,37)/t19-,21+,22+,23+,28-/m0/s1. The van der Waals surface area contributed by atoms with Crippen LogP contribution in [-0.2, 0) is 27.2 Å². The maximum Gasteiger partial charge on any atom is 0.327 e. The van der Waals surface area contributed by atoms with E-state index in [4.69, 9.17) is 11.5 Å². The van der Waals surface area contributed by atoms with Gasteiger partial charge >= 0.3 is 5.97 Å². The van der Waals surface area contributed by atoms with Crippen LogP contribution in [0, 0.1) is 11.3 Å². The van der Waals surface area contributed by atoms with Gasteiger partial charge in [-0.2, -0.15) is 0 Å². The van der Waals surface area contributed by atoms with Gasteiger partial charge in [-0.25, -0.2) is 4.79 Å². The van der Waals surface area contributed by atoms with Crippen molar-refractivity contribution in [3.05, 3.63) is 59.7 Å². The Labute approximate surface area is 216 Å². The van der Waals surface area contributed by atoms with Crippen molar-refractivity contribution in [1.82, 2.24) is 4.90 Å². The van der Waals surface area contributed by atoms with E-state index in [0.717, 1.165) is 30.6 Å². The van der Waals surface area contributed by atoms with Gasteiger partial charge in [0.25, 0.3) is 0 Å². The summed E-state index contributed by atoms with van der Waals surface area (Å²) in [4.78, 5) is 41.3. The quantitative estimate of drug-likeness (QED) is 0.361. The fourth-order valence-electron chi connectivity index (χ4n) is 6.18. The molecule has 0 radical (unpaired) electrons. The van der Waals surface area contributed by atoms with E-state index in [2.05, 4.69) is 0 Å². The van der Waals surface area contributed by atoms with Gasteiger partial charge in [-0.15, -0.1) is 0 Å². The second-order valence-corrected chi connectivity index (χ2v) is 10.5. The molecule has 2 aromatic carbocycles. The van der Waals surface area contributed by atoms with E-state index in [9.17, 15) is 29.7 Å². The molecule has 2 amide bonds. The minimum atomic E-state index is -1.54. The Morgan fingerprint density at radius 3 is 2.32 bits per heavy atom. The van der Waals surface area contributed by atoms with E-state index in [-0.39, 0.29) is 35.8 Å². The predicted molar refractivity (Wildman–Crippen MR) is 136 cm³/mol. The highest BCUT2D eigenvalue weighted by molar-refractivity contribution is 6.02. The first-order chi connectivity index (χ1) is 17.6. The number of carbonyl (C=O) groups excluding carboxylic acids is 2. The molecule has 7 N–H and O–H groups in total. The molecule has 9 nitrogen and oxygen atoms in total. The molecule has 0 unspecified atom stereocenters. The summed E-state index contributed by atoms with van der Waals surface area (Å²) in [6.45, 7) is 0. The number of aliphatic carboxylic acids is 1. The van der Waals surface area contributed by atoms with E-state index < -0.39 is 35.8 Å². The van der Waals surface area contributed by atoms with Crippen LogP contribution in [0.5, 0.6) is 11.5 Å². The number of aromatic hydroxyl groups is 2. The fourth-order valence-corrected chi connectivity index (χ4v) is 6.18. The van der Waals surface area contributed by atoms with Crippen molar-refractivity contribution in [3.8, 4) is 11.5 Å². The average Bonchev–Trinajstić information content (AvgIpc) is 3.45. The summed E-state index contributed by atoms with van der Waals surface area (Å²) in [5, 5.41) is 30.1. The average molecular weight is 510 g/mol. The first kappa shape index (κ1) is 26.6. The Hall–Kier alpha value is -3.43. The van der Waals surface area contributed by atoms with Crippen LogP contribution >= 0.6 is 0 Å². The normalized spacial score (nSPS) is 24.6. The molecule has 9 heteroatoms. The van der Waals surface area contributed by atoms with Crippen molar-refractivity contribution in [3.63, 3.8) is 0 Å². The molecule has 2 aliphatic rings. The molecule has 2 aromatic rings. The highest BCUT2D eigenvalue weighted by Gasteiger charge is 2.53. The van der Waals surface area contributed by atoms with Gasteiger partial charge in [-0.1, -0.05) is 36.8 Å². The molecule has 0 aromatic heterocycles. The third-order valence-corrected chi connectivity index (χ3v) is 8.07. The van der Waals surface area contributed by atoms with Crippen LogP contribution in [-0.4, -0.2) is 56.1 Å². The summed E-state index contributed by atoms with van der Waals surface area (Å²) < 4.78 is 0. The van der Waals surface area contributed by atoms with E-state index in [0.29, 0.717) is 24.0 Å². The van der Waals surface area contributed by atoms with Crippen LogP contribution in [0.4, 0.5) is 0 Å². The van der Waals surface area contributed by atoms with Crippen molar-refractivity contribution >= 4 is 17.8 Å². The first-order valence-corrected chi connectivity index (χ1v) is 12.8. The second-order valence-electron chi connectivity index (χ2n) is 10.5. The van der Waals surface area contributed by atoms with Crippen molar-refractivity contribution in [2.45, 2.75) is 69.5 Å². The first-order valence-electron chi connectivity index (χ1n) is 12.8. The van der Waals surface area contributed by atoms with Crippen molar-refractivity contribution in [2.75, 3.05) is 0 Å². The largest absolute Gasteiger partial charge is 0.508 e. The predicted octanol–water partition coefficient (Wildman–Crippen LogP) is 2.32. The zero-order valence-electron chi connectivity index (χ0n) is 20.8. The number of carboxylic acids is 1. The monoisotopic (exact) mass is 509 g/mol. The van der Waals surface area contributed by atoms with Crippen molar-refractivity contribution in [2.24, 2.45) is 22.8 Å². The molecule has 198 valence electrons. The molecule has 0 saturated heterocycles. The highest BCUT2D eigenvalue weighted by atomic mass is 16.4. The third-order valence-electron chi connectivity index (χ3n) is 8.07. The number of hydrogen-bond donors (Lipinski definition) is 5. The summed E-state index contributed by atoms with van der Waals surface area (Å²) >= 11 is 0. The molecule has 0 heterocycles. The number of hydrogen-bond acceptors (Lipinski definition) is 7. The van der Waals surface area contributed by atoms with E-state index in [1.807, 2.05) is 0 Å². The van der Waals surface area contributed by atoms with Crippen molar-refractivity contribution in [1.29, 1.82) is 0 Å². The molecule has 5 atom stereocenters. The number of phenols is 2. The lowest BCUT2D eigenvalue weighted by Gasteiger charge is -2.37. The topological polar surface area (TPSA) is 167 Å². The zero-order valence-corrected chi connectivity index (χ0v) is 20.8. The maximum atomic E-state index is 14.1. The Morgan fingerprint density at radius 2 is 1.70 bits per heavy atom. The van der Waals surface area contributed by atoms with Crippen LogP contribution in [0.25, 0.3) is 0 Å². The summed E-state index contributed by atoms with van der Waals surface area (Å²) in [6.07, 6.45) is 4.23. The number of para-hydroxylation sites is 1. The van der Waals surface area contributed by atoms with Crippen LogP contribution < -0.4 is 11.5 Å². The van der Waals surface area contributed by atoms with Gasteiger partial charge in [0.05, 0.1) is 6.04 Å². The number of benzene rings is 2. The Bertz CT molecular complexity index is 1150. The summed E-state index contributed by atoms with van der Waals surface area (Å²) in [5.74, 6) is -3.21. The van der Waals surface area contributed by atoms with Crippen LogP contribution in [0.3, 0.4) is 0 Å². The number of carboxylic acid groups (broad SMARTS) is 1. The van der Waals surface area contributed by atoms with E-state index >= 15 is 0 Å². The van der Waals surface area contributed by atoms with Crippen molar-refractivity contribution < 1.29 is 29.7 Å². The number of amides is 2. The van der Waals surface area contributed by atoms with Crippen LogP contribution in [0.2, 0.25) is 0 Å².